The molecular formula is C17H23N5O. The molecule has 0 radical (unpaired) electrons. The molecule has 3 rings (SSSR count). The number of amides is 1. The van der Waals surface area contributed by atoms with Crippen molar-refractivity contribution in [1.29, 1.82) is 0 Å². The molecule has 1 aliphatic heterocycles. The van der Waals surface area contributed by atoms with Crippen LogP contribution in [0.5, 0.6) is 0 Å². The molecule has 1 aromatic carbocycles. The van der Waals surface area contributed by atoms with Gasteiger partial charge in [-0.1, -0.05) is 42.0 Å². The van der Waals surface area contributed by atoms with Crippen LogP contribution in [0.2, 0.25) is 0 Å². The Labute approximate surface area is 136 Å². The summed E-state index contributed by atoms with van der Waals surface area (Å²) in [6.45, 7) is 3.02. The number of hydrogen-bond acceptors (Lipinski definition) is 4. The Balaban J connectivity index is 1.62. The van der Waals surface area contributed by atoms with Gasteiger partial charge in [-0.05, 0) is 31.5 Å². The van der Waals surface area contributed by atoms with E-state index in [4.69, 9.17) is 0 Å². The van der Waals surface area contributed by atoms with Gasteiger partial charge in [0.25, 0.3) is 0 Å². The van der Waals surface area contributed by atoms with E-state index < -0.39 is 0 Å². The average molecular weight is 313 g/mol. The molecule has 1 amide bonds. The standard InChI is InChI=1S/C17H23N5O/c23-17(14-22-12-9-19-20-22)18-13-16(15-7-3-1-4-8-15)21-10-5-2-6-11-21/h1,3-4,7-9,12,16H,2,5-6,10-11,13-14H2,(H,18,23)/t16-/m1/s1. The Hall–Kier alpha value is -2.21. The van der Waals surface area contributed by atoms with Crippen molar-refractivity contribution < 1.29 is 4.79 Å². The van der Waals surface area contributed by atoms with Crippen LogP contribution in [-0.2, 0) is 11.3 Å². The van der Waals surface area contributed by atoms with Crippen LogP contribution in [0.25, 0.3) is 0 Å². The first-order valence-corrected chi connectivity index (χ1v) is 8.23. The number of carbonyl (C=O) groups is 1. The van der Waals surface area contributed by atoms with Gasteiger partial charge in [0.2, 0.25) is 5.91 Å². The third-order valence-electron chi connectivity index (χ3n) is 4.29. The van der Waals surface area contributed by atoms with Crippen molar-refractivity contribution in [2.75, 3.05) is 19.6 Å². The van der Waals surface area contributed by atoms with Crippen LogP contribution in [0.4, 0.5) is 0 Å². The van der Waals surface area contributed by atoms with E-state index in [0.717, 1.165) is 13.1 Å². The number of piperidine rings is 1. The maximum atomic E-state index is 12.1. The van der Waals surface area contributed by atoms with E-state index in [-0.39, 0.29) is 18.5 Å². The van der Waals surface area contributed by atoms with Crippen LogP contribution < -0.4 is 5.32 Å². The van der Waals surface area contributed by atoms with Crippen LogP contribution in [0, 0.1) is 0 Å². The molecule has 1 saturated heterocycles. The van der Waals surface area contributed by atoms with Gasteiger partial charge in [0.05, 0.1) is 12.2 Å². The lowest BCUT2D eigenvalue weighted by Crippen LogP contribution is -2.41. The SMILES string of the molecule is O=C(Cn1ccnn1)NC[C@H](c1ccccc1)N1CCCCC1. The molecular weight excluding hydrogens is 290 g/mol. The molecule has 2 aromatic rings. The second-order valence-electron chi connectivity index (χ2n) is 5.93. The van der Waals surface area contributed by atoms with Crippen molar-refractivity contribution in [3.05, 3.63) is 48.3 Å². The molecule has 6 nitrogen and oxygen atoms in total. The van der Waals surface area contributed by atoms with Crippen LogP contribution in [-0.4, -0.2) is 45.4 Å². The lowest BCUT2D eigenvalue weighted by molar-refractivity contribution is -0.122. The summed E-state index contributed by atoms with van der Waals surface area (Å²) in [6, 6.07) is 10.7. The van der Waals surface area contributed by atoms with Gasteiger partial charge in [-0.25, -0.2) is 4.68 Å². The summed E-state index contributed by atoms with van der Waals surface area (Å²) in [6.07, 6.45) is 7.04. The molecule has 1 aliphatic rings. The zero-order valence-electron chi connectivity index (χ0n) is 13.3. The molecule has 0 spiro atoms. The monoisotopic (exact) mass is 313 g/mol. The summed E-state index contributed by atoms with van der Waals surface area (Å²) < 4.78 is 1.54. The van der Waals surface area contributed by atoms with Crippen LogP contribution in [0.1, 0.15) is 30.9 Å². The minimum Gasteiger partial charge on any atom is -0.353 e. The predicted octanol–water partition coefficient (Wildman–Crippen LogP) is 1.62. The van der Waals surface area contributed by atoms with Crippen molar-refractivity contribution >= 4 is 5.91 Å². The largest absolute Gasteiger partial charge is 0.353 e. The highest BCUT2D eigenvalue weighted by molar-refractivity contribution is 5.75. The number of aromatic nitrogens is 3. The smallest absolute Gasteiger partial charge is 0.241 e. The first kappa shape index (κ1) is 15.7. The fraction of sp³-hybridized carbons (Fsp3) is 0.471. The van der Waals surface area contributed by atoms with E-state index in [1.807, 2.05) is 6.07 Å². The highest BCUT2D eigenvalue weighted by atomic mass is 16.2. The number of hydrogen-bond donors (Lipinski definition) is 1. The van der Waals surface area contributed by atoms with Crippen molar-refractivity contribution in [1.82, 2.24) is 25.2 Å². The van der Waals surface area contributed by atoms with E-state index in [0.29, 0.717) is 6.54 Å². The molecule has 1 fully saturated rings. The Bertz CT molecular complexity index is 593. The lowest BCUT2D eigenvalue weighted by Gasteiger charge is -2.35. The molecule has 0 aliphatic carbocycles. The van der Waals surface area contributed by atoms with Crippen molar-refractivity contribution in [3.8, 4) is 0 Å². The van der Waals surface area contributed by atoms with Gasteiger partial charge in [0.15, 0.2) is 0 Å². The van der Waals surface area contributed by atoms with Gasteiger partial charge in [0.1, 0.15) is 6.54 Å². The fourth-order valence-corrected chi connectivity index (χ4v) is 3.09. The van der Waals surface area contributed by atoms with E-state index in [9.17, 15) is 4.79 Å². The van der Waals surface area contributed by atoms with Crippen molar-refractivity contribution in [2.45, 2.75) is 31.8 Å². The molecule has 1 aromatic heterocycles. The number of nitrogens with zero attached hydrogens (tertiary/aromatic N) is 4. The summed E-state index contributed by atoms with van der Waals surface area (Å²) >= 11 is 0. The van der Waals surface area contributed by atoms with Crippen LogP contribution in [0.3, 0.4) is 0 Å². The molecule has 0 saturated carbocycles. The number of nitrogens with one attached hydrogen (secondary N) is 1. The normalized spacial score (nSPS) is 16.9. The first-order chi connectivity index (χ1) is 11.3. The van der Waals surface area contributed by atoms with Gasteiger partial charge in [0, 0.05) is 12.7 Å². The third kappa shape index (κ3) is 4.39. The summed E-state index contributed by atoms with van der Waals surface area (Å²) in [5, 5.41) is 10.6. The average Bonchev–Trinajstić information content (AvgIpc) is 3.10. The Morgan fingerprint density at radius 3 is 2.65 bits per heavy atom. The minimum atomic E-state index is -0.0339. The van der Waals surface area contributed by atoms with E-state index in [1.165, 1.54) is 29.5 Å². The maximum Gasteiger partial charge on any atom is 0.241 e. The van der Waals surface area contributed by atoms with E-state index >= 15 is 0 Å². The summed E-state index contributed by atoms with van der Waals surface area (Å²) in [5.41, 5.74) is 1.26. The van der Waals surface area contributed by atoms with Crippen molar-refractivity contribution in [3.63, 3.8) is 0 Å². The van der Waals surface area contributed by atoms with E-state index in [2.05, 4.69) is 44.8 Å². The quantitative estimate of drug-likeness (QED) is 0.880. The highest BCUT2D eigenvalue weighted by Gasteiger charge is 2.22. The van der Waals surface area contributed by atoms with Gasteiger partial charge in [-0.2, -0.15) is 0 Å². The summed E-state index contributed by atoms with van der Waals surface area (Å²) in [4.78, 5) is 14.6. The van der Waals surface area contributed by atoms with Gasteiger partial charge in [-0.3, -0.25) is 9.69 Å². The molecule has 1 N–H and O–H groups in total. The van der Waals surface area contributed by atoms with Gasteiger partial charge >= 0.3 is 0 Å². The second kappa shape index (κ2) is 7.87. The second-order valence-corrected chi connectivity index (χ2v) is 5.93. The molecule has 0 bridgehead atoms. The maximum absolute atomic E-state index is 12.1. The highest BCUT2D eigenvalue weighted by Crippen LogP contribution is 2.23. The molecule has 0 unspecified atom stereocenters. The lowest BCUT2D eigenvalue weighted by atomic mass is 10.0. The van der Waals surface area contributed by atoms with E-state index in [1.54, 1.807) is 12.4 Å². The fourth-order valence-electron chi connectivity index (χ4n) is 3.09. The Kier molecular flexibility index (Phi) is 5.37. The molecule has 2 heterocycles. The molecule has 23 heavy (non-hydrogen) atoms. The van der Waals surface area contributed by atoms with Gasteiger partial charge in [-0.15, -0.1) is 5.10 Å². The molecule has 1 atom stereocenters. The Morgan fingerprint density at radius 1 is 1.17 bits per heavy atom. The predicted molar refractivity (Wildman–Crippen MR) is 87.6 cm³/mol. The number of carbonyl (C=O) groups excluding carboxylic acids is 1. The van der Waals surface area contributed by atoms with Crippen LogP contribution in [0.15, 0.2) is 42.7 Å². The Morgan fingerprint density at radius 2 is 1.96 bits per heavy atom. The zero-order valence-corrected chi connectivity index (χ0v) is 13.3. The number of benzene rings is 1. The minimum absolute atomic E-state index is 0.0339. The molecule has 122 valence electrons. The number of rotatable bonds is 6. The van der Waals surface area contributed by atoms with Gasteiger partial charge < -0.3 is 5.32 Å². The summed E-state index contributed by atoms with van der Waals surface area (Å²) in [5.74, 6) is -0.0339. The third-order valence-corrected chi connectivity index (χ3v) is 4.29. The zero-order chi connectivity index (χ0) is 15.9. The molecule has 6 heteroatoms. The number of likely N-dealkylation sites (tertiary alicyclic amines) is 1. The topological polar surface area (TPSA) is 63.1 Å². The first-order valence-electron chi connectivity index (χ1n) is 8.23. The van der Waals surface area contributed by atoms with Crippen LogP contribution >= 0.6 is 0 Å². The summed E-state index contributed by atoms with van der Waals surface area (Å²) in [7, 11) is 0. The van der Waals surface area contributed by atoms with Crippen molar-refractivity contribution in [2.24, 2.45) is 0 Å².